The molecule has 1 N–H and O–H groups in total. The van der Waals surface area contributed by atoms with Gasteiger partial charge in [0, 0.05) is 20.0 Å². The van der Waals surface area contributed by atoms with E-state index in [-0.39, 0.29) is 22.6 Å². The molecule has 0 aliphatic carbocycles. The minimum Gasteiger partial charge on any atom is -0.341 e. The first-order chi connectivity index (χ1) is 10.5. The van der Waals surface area contributed by atoms with Gasteiger partial charge in [-0.15, -0.1) is 5.10 Å². The lowest BCUT2D eigenvalue weighted by molar-refractivity contribution is -0.127. The van der Waals surface area contributed by atoms with Gasteiger partial charge in [0.1, 0.15) is 28.2 Å². The number of carbonyl (C=O) groups excluding carboxylic acids is 1. The van der Waals surface area contributed by atoms with Crippen molar-refractivity contribution < 1.29 is 13.4 Å². The molecule has 118 valence electrons. The zero-order valence-corrected chi connectivity index (χ0v) is 13.2. The number of benzene rings is 1. The van der Waals surface area contributed by atoms with Crippen molar-refractivity contribution in [2.24, 2.45) is 0 Å². The normalized spacial score (nSPS) is 12.1. The molecule has 2 rings (SSSR count). The number of aromatic nitrogens is 3. The molecule has 1 aromatic carbocycles. The highest BCUT2D eigenvalue weighted by molar-refractivity contribution is 7.85. The maximum absolute atomic E-state index is 12.8. The molecule has 2 aromatic rings. The molecular formula is C14H17FN4O2S. The number of halogens is 1. The average molecular weight is 324 g/mol. The second-order valence-corrected chi connectivity index (χ2v) is 6.13. The average Bonchev–Trinajstić information content (AvgIpc) is 2.98. The third-order valence-electron chi connectivity index (χ3n) is 3.06. The van der Waals surface area contributed by atoms with Gasteiger partial charge in [-0.25, -0.2) is 9.37 Å². The first-order valence-electron chi connectivity index (χ1n) is 6.77. The van der Waals surface area contributed by atoms with Crippen LogP contribution in [0.25, 0.3) is 0 Å². The Kier molecular flexibility index (Phi) is 5.37. The number of hydrogen-bond acceptors (Lipinski definition) is 4. The lowest BCUT2D eigenvalue weighted by Gasteiger charge is -2.16. The molecule has 0 aliphatic heterocycles. The van der Waals surface area contributed by atoms with Crippen LogP contribution in [0.1, 0.15) is 18.3 Å². The molecule has 1 heterocycles. The number of aryl methyl sites for hydroxylation is 1. The number of amides is 1. The van der Waals surface area contributed by atoms with Crippen LogP contribution in [-0.4, -0.2) is 43.0 Å². The van der Waals surface area contributed by atoms with Crippen molar-refractivity contribution in [2.45, 2.75) is 25.0 Å². The Balaban J connectivity index is 1.93. The van der Waals surface area contributed by atoms with Crippen LogP contribution < -0.4 is 0 Å². The van der Waals surface area contributed by atoms with Gasteiger partial charge in [-0.05, 0) is 17.7 Å². The minimum atomic E-state index is -1.58. The minimum absolute atomic E-state index is 0.139. The molecule has 0 bridgehead atoms. The number of nitrogens with one attached hydrogen (secondary N) is 1. The number of rotatable bonds is 6. The summed E-state index contributed by atoms with van der Waals surface area (Å²) in [7, 11) is 0.0283. The van der Waals surface area contributed by atoms with Crippen molar-refractivity contribution in [1.29, 1.82) is 0 Å². The number of aromatic amines is 1. The van der Waals surface area contributed by atoms with E-state index in [0.29, 0.717) is 18.8 Å². The van der Waals surface area contributed by atoms with E-state index in [1.165, 1.54) is 17.0 Å². The summed E-state index contributed by atoms with van der Waals surface area (Å²) in [6.07, 6.45) is 0.655. The molecular weight excluding hydrogens is 307 g/mol. The molecule has 0 radical (unpaired) electrons. The van der Waals surface area contributed by atoms with Crippen molar-refractivity contribution in [2.75, 3.05) is 12.8 Å². The summed E-state index contributed by atoms with van der Waals surface area (Å²) in [6, 6.07) is 5.90. The molecule has 6 nitrogen and oxygen atoms in total. The van der Waals surface area contributed by atoms with E-state index in [2.05, 4.69) is 15.2 Å². The molecule has 0 spiro atoms. The van der Waals surface area contributed by atoms with Gasteiger partial charge in [0.25, 0.3) is 0 Å². The molecule has 1 aromatic heterocycles. The van der Waals surface area contributed by atoms with E-state index >= 15 is 0 Å². The van der Waals surface area contributed by atoms with E-state index < -0.39 is 10.8 Å². The Morgan fingerprint density at radius 2 is 2.05 bits per heavy atom. The largest absolute Gasteiger partial charge is 0.341 e. The SMILES string of the molecule is CCc1nc([S@@](=O)CC(=O)N(C)Cc2ccc(F)cc2)n[nH]1. The highest BCUT2D eigenvalue weighted by atomic mass is 32.2. The number of hydrogen-bond donors (Lipinski definition) is 1. The maximum Gasteiger partial charge on any atom is 0.239 e. The van der Waals surface area contributed by atoms with E-state index in [9.17, 15) is 13.4 Å². The lowest BCUT2D eigenvalue weighted by atomic mass is 10.2. The molecule has 0 saturated heterocycles. The summed E-state index contributed by atoms with van der Waals surface area (Å²) in [5.41, 5.74) is 0.800. The fraction of sp³-hybridized carbons (Fsp3) is 0.357. The first kappa shape index (κ1) is 16.3. The monoisotopic (exact) mass is 324 g/mol. The summed E-state index contributed by atoms with van der Waals surface area (Å²) in [5.74, 6) is -0.158. The van der Waals surface area contributed by atoms with Gasteiger partial charge in [0.15, 0.2) is 0 Å². The Hall–Kier alpha value is -2.09. The standard InChI is InChI=1S/C14H17FN4O2S/c1-3-12-16-14(18-17-12)22(21)9-13(20)19(2)8-10-4-6-11(15)7-5-10/h4-7H,3,8-9H2,1-2H3,(H,16,17,18)/t22-/m0/s1. The summed E-state index contributed by atoms with van der Waals surface area (Å²) in [4.78, 5) is 17.6. The van der Waals surface area contributed by atoms with Crippen LogP contribution in [0.4, 0.5) is 4.39 Å². The number of H-pyrrole nitrogens is 1. The second-order valence-electron chi connectivity index (χ2n) is 4.78. The zero-order valence-electron chi connectivity index (χ0n) is 12.4. The fourth-order valence-electron chi connectivity index (χ4n) is 1.78. The molecule has 0 saturated carbocycles. The van der Waals surface area contributed by atoms with E-state index in [1.807, 2.05) is 6.92 Å². The predicted octanol–water partition coefficient (Wildman–Crippen LogP) is 1.27. The second kappa shape index (κ2) is 7.26. The molecule has 1 amide bonds. The third kappa shape index (κ3) is 4.20. The van der Waals surface area contributed by atoms with E-state index in [0.717, 1.165) is 5.56 Å². The zero-order chi connectivity index (χ0) is 16.1. The Morgan fingerprint density at radius 1 is 1.36 bits per heavy atom. The summed E-state index contributed by atoms with van der Waals surface area (Å²) >= 11 is 0. The molecule has 8 heteroatoms. The van der Waals surface area contributed by atoms with Crippen LogP contribution in [-0.2, 0) is 28.6 Å². The quantitative estimate of drug-likeness (QED) is 0.868. The molecule has 0 fully saturated rings. The van der Waals surface area contributed by atoms with E-state index in [4.69, 9.17) is 0 Å². The summed E-state index contributed by atoms with van der Waals surface area (Å²) < 4.78 is 24.9. The van der Waals surface area contributed by atoms with Crippen molar-refractivity contribution in [3.05, 3.63) is 41.5 Å². The van der Waals surface area contributed by atoms with Gasteiger partial charge < -0.3 is 4.90 Å². The smallest absolute Gasteiger partial charge is 0.239 e. The van der Waals surface area contributed by atoms with Gasteiger partial charge >= 0.3 is 0 Å². The Bertz CT molecular complexity index is 672. The van der Waals surface area contributed by atoms with Crippen LogP contribution >= 0.6 is 0 Å². The summed E-state index contributed by atoms with van der Waals surface area (Å²) in [5, 5.41) is 6.65. The van der Waals surface area contributed by atoms with Gasteiger partial charge in [-0.2, -0.15) is 0 Å². The number of nitrogens with zero attached hydrogens (tertiary/aromatic N) is 3. The van der Waals surface area contributed by atoms with Crippen LogP contribution in [0, 0.1) is 5.82 Å². The highest BCUT2D eigenvalue weighted by Gasteiger charge is 2.17. The van der Waals surface area contributed by atoms with Crippen LogP contribution in [0.3, 0.4) is 0 Å². The predicted molar refractivity (Wildman–Crippen MR) is 79.9 cm³/mol. The van der Waals surface area contributed by atoms with Crippen molar-refractivity contribution >= 4 is 16.7 Å². The third-order valence-corrected chi connectivity index (χ3v) is 4.16. The van der Waals surface area contributed by atoms with Gasteiger partial charge in [-0.3, -0.25) is 14.1 Å². The van der Waals surface area contributed by atoms with Gasteiger partial charge in [-0.1, -0.05) is 19.1 Å². The lowest BCUT2D eigenvalue weighted by Crippen LogP contribution is -2.30. The fourth-order valence-corrected chi connectivity index (χ4v) is 2.71. The molecule has 1 atom stereocenters. The van der Waals surface area contributed by atoms with Crippen LogP contribution in [0.15, 0.2) is 29.4 Å². The van der Waals surface area contributed by atoms with Gasteiger partial charge in [0.05, 0.1) is 0 Å². The van der Waals surface area contributed by atoms with Crippen molar-refractivity contribution in [3.8, 4) is 0 Å². The first-order valence-corrected chi connectivity index (χ1v) is 8.09. The number of carbonyl (C=O) groups is 1. The van der Waals surface area contributed by atoms with E-state index in [1.54, 1.807) is 19.2 Å². The van der Waals surface area contributed by atoms with Crippen molar-refractivity contribution in [1.82, 2.24) is 20.1 Å². The van der Waals surface area contributed by atoms with Crippen molar-refractivity contribution in [3.63, 3.8) is 0 Å². The molecule has 0 unspecified atom stereocenters. The topological polar surface area (TPSA) is 79.0 Å². The van der Waals surface area contributed by atoms with Crippen LogP contribution in [0.5, 0.6) is 0 Å². The maximum atomic E-state index is 12.8. The summed E-state index contributed by atoms with van der Waals surface area (Å²) in [6.45, 7) is 2.22. The highest BCUT2D eigenvalue weighted by Crippen LogP contribution is 2.07. The van der Waals surface area contributed by atoms with Crippen LogP contribution in [0.2, 0.25) is 0 Å². The molecule has 0 aliphatic rings. The molecule has 22 heavy (non-hydrogen) atoms. The Morgan fingerprint density at radius 3 is 2.64 bits per heavy atom. The van der Waals surface area contributed by atoms with Gasteiger partial charge in [0.2, 0.25) is 11.1 Å². The Labute approximate surface area is 130 Å².